The third-order valence-electron chi connectivity index (χ3n) is 5.18. The second-order valence-electron chi connectivity index (χ2n) is 6.71. The van der Waals surface area contributed by atoms with Gasteiger partial charge in [-0.2, -0.15) is 5.10 Å². The summed E-state index contributed by atoms with van der Waals surface area (Å²) in [6.07, 6.45) is 1.96. The quantitative estimate of drug-likeness (QED) is 0.837. The van der Waals surface area contributed by atoms with Crippen molar-refractivity contribution >= 4 is 5.91 Å². The molecule has 26 heavy (non-hydrogen) atoms. The van der Waals surface area contributed by atoms with E-state index in [9.17, 15) is 4.79 Å². The molecule has 2 aromatic rings. The summed E-state index contributed by atoms with van der Waals surface area (Å²) in [4.78, 5) is 17.1. The summed E-state index contributed by atoms with van der Waals surface area (Å²) in [5, 5.41) is 4.41. The predicted molar refractivity (Wildman–Crippen MR) is 96.4 cm³/mol. The van der Waals surface area contributed by atoms with Crippen molar-refractivity contribution in [3.63, 3.8) is 0 Å². The SMILES string of the molecule is CCn1ncc(CN2CCN(C(=O)c3ccc4c(c3)OCO4)CC2)c1C. The van der Waals surface area contributed by atoms with Crippen molar-refractivity contribution in [1.29, 1.82) is 0 Å². The summed E-state index contributed by atoms with van der Waals surface area (Å²) in [6.45, 7) is 9.42. The second kappa shape index (κ2) is 6.99. The lowest BCUT2D eigenvalue weighted by atomic mass is 10.1. The fourth-order valence-electron chi connectivity index (χ4n) is 3.52. The molecule has 0 atom stereocenters. The van der Waals surface area contributed by atoms with Crippen LogP contribution in [0.3, 0.4) is 0 Å². The summed E-state index contributed by atoms with van der Waals surface area (Å²) in [5.41, 5.74) is 3.15. The molecular formula is C19H24N4O3. The van der Waals surface area contributed by atoms with E-state index >= 15 is 0 Å². The van der Waals surface area contributed by atoms with E-state index in [1.54, 1.807) is 12.1 Å². The second-order valence-corrected chi connectivity index (χ2v) is 6.71. The first-order chi connectivity index (χ1) is 12.7. The lowest BCUT2D eigenvalue weighted by molar-refractivity contribution is 0.0628. The lowest BCUT2D eigenvalue weighted by Crippen LogP contribution is -2.48. The number of amides is 1. The van der Waals surface area contributed by atoms with E-state index < -0.39 is 0 Å². The number of hydrogen-bond donors (Lipinski definition) is 0. The van der Waals surface area contributed by atoms with E-state index in [1.165, 1.54) is 11.3 Å². The van der Waals surface area contributed by atoms with Gasteiger partial charge in [0.05, 0.1) is 6.20 Å². The molecule has 138 valence electrons. The van der Waals surface area contributed by atoms with Gasteiger partial charge in [0.2, 0.25) is 6.79 Å². The van der Waals surface area contributed by atoms with Crippen LogP contribution < -0.4 is 9.47 Å². The predicted octanol–water partition coefficient (Wildman–Crippen LogP) is 1.90. The van der Waals surface area contributed by atoms with Crippen molar-refractivity contribution in [2.75, 3.05) is 33.0 Å². The third kappa shape index (κ3) is 3.14. The number of carbonyl (C=O) groups is 1. The van der Waals surface area contributed by atoms with Gasteiger partial charge < -0.3 is 14.4 Å². The molecule has 1 aromatic carbocycles. The number of ether oxygens (including phenoxy) is 2. The van der Waals surface area contributed by atoms with Gasteiger partial charge in [0.1, 0.15) is 0 Å². The van der Waals surface area contributed by atoms with E-state index in [4.69, 9.17) is 9.47 Å². The first-order valence-electron chi connectivity index (χ1n) is 9.08. The molecule has 7 nitrogen and oxygen atoms in total. The molecule has 0 spiro atoms. The molecule has 0 unspecified atom stereocenters. The molecule has 0 N–H and O–H groups in total. The largest absolute Gasteiger partial charge is 0.454 e. The van der Waals surface area contributed by atoms with Gasteiger partial charge in [0.15, 0.2) is 11.5 Å². The number of nitrogens with zero attached hydrogens (tertiary/aromatic N) is 4. The van der Waals surface area contributed by atoms with Crippen molar-refractivity contribution in [3.05, 3.63) is 41.2 Å². The lowest BCUT2D eigenvalue weighted by Gasteiger charge is -2.34. The van der Waals surface area contributed by atoms with E-state index in [0.717, 1.165) is 39.3 Å². The van der Waals surface area contributed by atoms with Gasteiger partial charge in [0, 0.05) is 56.1 Å². The molecule has 1 fully saturated rings. The topological polar surface area (TPSA) is 59.8 Å². The molecule has 0 bridgehead atoms. The van der Waals surface area contributed by atoms with Crippen molar-refractivity contribution in [1.82, 2.24) is 19.6 Å². The van der Waals surface area contributed by atoms with Gasteiger partial charge in [-0.1, -0.05) is 0 Å². The summed E-state index contributed by atoms with van der Waals surface area (Å²) in [5.74, 6) is 1.41. The molecule has 0 aliphatic carbocycles. The summed E-state index contributed by atoms with van der Waals surface area (Å²) in [6, 6.07) is 5.39. The van der Waals surface area contributed by atoms with Crippen LogP contribution in [0.4, 0.5) is 0 Å². The van der Waals surface area contributed by atoms with Gasteiger partial charge in [-0.15, -0.1) is 0 Å². The average molecular weight is 356 g/mol. The number of benzene rings is 1. The Morgan fingerprint density at radius 3 is 2.65 bits per heavy atom. The Balaban J connectivity index is 1.35. The highest BCUT2D eigenvalue weighted by atomic mass is 16.7. The van der Waals surface area contributed by atoms with Gasteiger partial charge in [-0.25, -0.2) is 0 Å². The smallest absolute Gasteiger partial charge is 0.254 e. The van der Waals surface area contributed by atoms with Crippen LogP contribution in [-0.4, -0.2) is 58.5 Å². The van der Waals surface area contributed by atoms with Crippen LogP contribution in [0.2, 0.25) is 0 Å². The van der Waals surface area contributed by atoms with Crippen LogP contribution in [-0.2, 0) is 13.1 Å². The van der Waals surface area contributed by atoms with E-state index in [-0.39, 0.29) is 12.7 Å². The molecule has 3 heterocycles. The van der Waals surface area contributed by atoms with Crippen LogP contribution >= 0.6 is 0 Å². The molecular weight excluding hydrogens is 332 g/mol. The van der Waals surface area contributed by atoms with Crippen LogP contribution in [0.5, 0.6) is 11.5 Å². The van der Waals surface area contributed by atoms with E-state index in [0.29, 0.717) is 17.1 Å². The van der Waals surface area contributed by atoms with Gasteiger partial charge in [0.25, 0.3) is 5.91 Å². The fraction of sp³-hybridized carbons (Fsp3) is 0.474. The Kier molecular flexibility index (Phi) is 4.55. The number of carbonyl (C=O) groups excluding carboxylic acids is 1. The van der Waals surface area contributed by atoms with E-state index in [1.807, 2.05) is 21.8 Å². The first kappa shape index (κ1) is 16.9. The zero-order valence-electron chi connectivity index (χ0n) is 15.3. The minimum absolute atomic E-state index is 0.0536. The number of aromatic nitrogens is 2. The Hall–Kier alpha value is -2.54. The number of aryl methyl sites for hydroxylation is 1. The highest BCUT2D eigenvalue weighted by molar-refractivity contribution is 5.95. The van der Waals surface area contributed by atoms with Crippen LogP contribution in [0.15, 0.2) is 24.4 Å². The minimum Gasteiger partial charge on any atom is -0.454 e. The molecule has 7 heteroatoms. The average Bonchev–Trinajstić information content (AvgIpc) is 3.28. The highest BCUT2D eigenvalue weighted by Crippen LogP contribution is 2.32. The number of rotatable bonds is 4. The molecule has 0 saturated carbocycles. The Morgan fingerprint density at radius 1 is 1.15 bits per heavy atom. The number of hydrogen-bond acceptors (Lipinski definition) is 5. The monoisotopic (exact) mass is 356 g/mol. The molecule has 1 aromatic heterocycles. The zero-order valence-corrected chi connectivity index (χ0v) is 15.3. The molecule has 2 aliphatic rings. The molecule has 1 amide bonds. The summed E-state index contributed by atoms with van der Waals surface area (Å²) < 4.78 is 12.7. The Labute approximate surface area is 153 Å². The van der Waals surface area contributed by atoms with Gasteiger partial charge in [-0.05, 0) is 32.0 Å². The standard InChI is InChI=1S/C19H24N4O3/c1-3-23-14(2)16(11-20-23)12-21-6-8-22(9-7-21)19(24)15-4-5-17-18(10-15)26-13-25-17/h4-5,10-11H,3,6-9,12-13H2,1-2H3. The molecule has 2 aliphatic heterocycles. The summed E-state index contributed by atoms with van der Waals surface area (Å²) in [7, 11) is 0. The normalized spacial score (nSPS) is 16.9. The number of fused-ring (bicyclic) bond motifs is 1. The fourth-order valence-corrected chi connectivity index (χ4v) is 3.52. The molecule has 4 rings (SSSR count). The van der Waals surface area contributed by atoms with Crippen molar-refractivity contribution in [3.8, 4) is 11.5 Å². The maximum atomic E-state index is 12.8. The Morgan fingerprint density at radius 2 is 1.92 bits per heavy atom. The zero-order chi connectivity index (χ0) is 18.1. The maximum Gasteiger partial charge on any atom is 0.254 e. The molecule has 0 radical (unpaired) electrons. The van der Waals surface area contributed by atoms with Crippen LogP contribution in [0.1, 0.15) is 28.5 Å². The maximum absolute atomic E-state index is 12.8. The van der Waals surface area contributed by atoms with Gasteiger partial charge in [-0.3, -0.25) is 14.4 Å². The first-order valence-corrected chi connectivity index (χ1v) is 9.08. The van der Waals surface area contributed by atoms with Gasteiger partial charge >= 0.3 is 0 Å². The third-order valence-corrected chi connectivity index (χ3v) is 5.18. The minimum atomic E-state index is 0.0536. The van der Waals surface area contributed by atoms with Crippen molar-refractivity contribution < 1.29 is 14.3 Å². The number of piperazine rings is 1. The summed E-state index contributed by atoms with van der Waals surface area (Å²) >= 11 is 0. The van der Waals surface area contributed by atoms with E-state index in [2.05, 4.69) is 23.8 Å². The van der Waals surface area contributed by atoms with Crippen molar-refractivity contribution in [2.24, 2.45) is 0 Å². The Bertz CT molecular complexity index is 809. The molecule has 1 saturated heterocycles. The highest BCUT2D eigenvalue weighted by Gasteiger charge is 2.24. The van der Waals surface area contributed by atoms with Crippen LogP contribution in [0, 0.1) is 6.92 Å². The van der Waals surface area contributed by atoms with Crippen LogP contribution in [0.25, 0.3) is 0 Å². The van der Waals surface area contributed by atoms with Crippen molar-refractivity contribution in [2.45, 2.75) is 26.9 Å².